The molecule has 1 N–H and O–H groups in total. The molecule has 0 radical (unpaired) electrons. The molecule has 1 amide bonds. The fourth-order valence-electron chi connectivity index (χ4n) is 3.91. The van der Waals surface area contributed by atoms with Gasteiger partial charge in [0, 0.05) is 55.9 Å². The lowest BCUT2D eigenvalue weighted by atomic mass is 9.95. The van der Waals surface area contributed by atoms with E-state index in [9.17, 15) is 9.59 Å². The molecule has 2 aliphatic rings. The number of piperidine rings is 1. The Morgan fingerprint density at radius 3 is 2.48 bits per heavy atom. The Hall–Kier alpha value is -1.92. The van der Waals surface area contributed by atoms with E-state index in [0.717, 1.165) is 77.2 Å². The molecule has 2 aliphatic heterocycles. The molecule has 1 aromatic carbocycles. The van der Waals surface area contributed by atoms with Crippen molar-refractivity contribution in [2.75, 3.05) is 50.8 Å². The van der Waals surface area contributed by atoms with Crippen LogP contribution in [-0.2, 0) is 9.53 Å². The van der Waals surface area contributed by atoms with Crippen LogP contribution in [0.4, 0.5) is 5.69 Å². The first-order valence-electron chi connectivity index (χ1n) is 10.1. The smallest absolute Gasteiger partial charge is 0.223 e. The van der Waals surface area contributed by atoms with Gasteiger partial charge in [-0.3, -0.25) is 14.5 Å². The molecule has 148 valence electrons. The lowest BCUT2D eigenvalue weighted by Gasteiger charge is -2.34. The molecule has 6 heteroatoms. The fraction of sp³-hybridized carbons (Fsp3) is 0.619. The molecular weight excluding hydrogens is 342 g/mol. The van der Waals surface area contributed by atoms with Crippen LogP contribution in [-0.4, -0.2) is 69.1 Å². The van der Waals surface area contributed by atoms with E-state index >= 15 is 0 Å². The van der Waals surface area contributed by atoms with Crippen LogP contribution in [0.25, 0.3) is 0 Å². The van der Waals surface area contributed by atoms with Crippen LogP contribution in [0.15, 0.2) is 24.3 Å². The van der Waals surface area contributed by atoms with Crippen LogP contribution in [0.1, 0.15) is 36.5 Å². The average Bonchev–Trinajstić information content (AvgIpc) is 2.74. The second-order valence-electron chi connectivity index (χ2n) is 7.55. The largest absolute Gasteiger partial charge is 0.379 e. The molecule has 0 saturated carbocycles. The fourth-order valence-corrected chi connectivity index (χ4v) is 3.91. The van der Waals surface area contributed by atoms with Crippen LogP contribution in [0.2, 0.25) is 0 Å². The first-order valence-corrected chi connectivity index (χ1v) is 10.1. The predicted octanol–water partition coefficient (Wildman–Crippen LogP) is 1.94. The molecule has 1 atom stereocenters. The summed E-state index contributed by atoms with van der Waals surface area (Å²) in [5.74, 6) is 0.300. The summed E-state index contributed by atoms with van der Waals surface area (Å²) in [6.07, 6.45) is 3.59. The number of benzene rings is 1. The number of ether oxygens (including phenoxy) is 1. The van der Waals surface area contributed by atoms with Crippen molar-refractivity contribution in [2.24, 2.45) is 5.92 Å². The second-order valence-corrected chi connectivity index (χ2v) is 7.55. The van der Waals surface area contributed by atoms with Crippen molar-refractivity contribution in [3.8, 4) is 0 Å². The molecule has 2 fully saturated rings. The van der Waals surface area contributed by atoms with Gasteiger partial charge in [0.1, 0.15) is 6.29 Å². The molecule has 2 saturated heterocycles. The SMILES string of the molecule is C[C@@H](CCNC(=O)C1CCN(c2ccc(C=O)cc2)CC1)N1CCOCC1. The van der Waals surface area contributed by atoms with Crippen LogP contribution in [0, 0.1) is 5.92 Å². The molecule has 0 bridgehead atoms. The van der Waals surface area contributed by atoms with Crippen molar-refractivity contribution in [1.82, 2.24) is 10.2 Å². The minimum Gasteiger partial charge on any atom is -0.379 e. The third-order valence-corrected chi connectivity index (χ3v) is 5.79. The number of morpholine rings is 1. The Bertz CT molecular complexity index is 606. The molecule has 0 spiro atoms. The first-order chi connectivity index (χ1) is 13.2. The summed E-state index contributed by atoms with van der Waals surface area (Å²) in [7, 11) is 0. The van der Waals surface area contributed by atoms with E-state index in [4.69, 9.17) is 4.74 Å². The van der Waals surface area contributed by atoms with E-state index in [-0.39, 0.29) is 11.8 Å². The summed E-state index contributed by atoms with van der Waals surface area (Å²) in [6, 6.07) is 8.13. The zero-order chi connectivity index (χ0) is 19.1. The van der Waals surface area contributed by atoms with E-state index in [1.54, 1.807) is 0 Å². The van der Waals surface area contributed by atoms with Gasteiger partial charge in [0.05, 0.1) is 13.2 Å². The van der Waals surface area contributed by atoms with Gasteiger partial charge in [-0.15, -0.1) is 0 Å². The summed E-state index contributed by atoms with van der Waals surface area (Å²) in [5.41, 5.74) is 1.82. The molecule has 0 unspecified atom stereocenters. The van der Waals surface area contributed by atoms with E-state index < -0.39 is 0 Å². The van der Waals surface area contributed by atoms with Gasteiger partial charge < -0.3 is 15.0 Å². The third kappa shape index (κ3) is 5.53. The Morgan fingerprint density at radius 2 is 1.85 bits per heavy atom. The van der Waals surface area contributed by atoms with Crippen molar-refractivity contribution in [3.63, 3.8) is 0 Å². The minimum atomic E-state index is 0.106. The van der Waals surface area contributed by atoms with Crippen LogP contribution in [0.3, 0.4) is 0 Å². The van der Waals surface area contributed by atoms with Crippen LogP contribution in [0.5, 0.6) is 0 Å². The van der Waals surface area contributed by atoms with E-state index in [2.05, 4.69) is 22.0 Å². The summed E-state index contributed by atoms with van der Waals surface area (Å²) in [4.78, 5) is 28.0. The van der Waals surface area contributed by atoms with E-state index in [0.29, 0.717) is 11.6 Å². The van der Waals surface area contributed by atoms with Gasteiger partial charge >= 0.3 is 0 Å². The lowest BCUT2D eigenvalue weighted by Crippen LogP contribution is -2.44. The van der Waals surface area contributed by atoms with Gasteiger partial charge in [-0.05, 0) is 50.5 Å². The Balaban J connectivity index is 1.37. The highest BCUT2D eigenvalue weighted by molar-refractivity contribution is 5.79. The minimum absolute atomic E-state index is 0.106. The number of rotatable bonds is 7. The van der Waals surface area contributed by atoms with Gasteiger partial charge in [0.15, 0.2) is 0 Å². The van der Waals surface area contributed by atoms with Gasteiger partial charge in [0.25, 0.3) is 0 Å². The zero-order valence-electron chi connectivity index (χ0n) is 16.2. The normalized spacial score (nSPS) is 20.3. The molecule has 27 heavy (non-hydrogen) atoms. The van der Waals surface area contributed by atoms with Crippen molar-refractivity contribution in [3.05, 3.63) is 29.8 Å². The van der Waals surface area contributed by atoms with Gasteiger partial charge in [0.2, 0.25) is 5.91 Å². The number of nitrogens with zero attached hydrogens (tertiary/aromatic N) is 2. The predicted molar refractivity (Wildman–Crippen MR) is 106 cm³/mol. The summed E-state index contributed by atoms with van der Waals surface area (Å²) >= 11 is 0. The van der Waals surface area contributed by atoms with Crippen LogP contribution < -0.4 is 10.2 Å². The Kier molecular flexibility index (Phi) is 7.24. The number of hydrogen-bond donors (Lipinski definition) is 1. The monoisotopic (exact) mass is 373 g/mol. The number of hydrogen-bond acceptors (Lipinski definition) is 5. The van der Waals surface area contributed by atoms with Crippen molar-refractivity contribution in [2.45, 2.75) is 32.2 Å². The van der Waals surface area contributed by atoms with Crippen LogP contribution >= 0.6 is 0 Å². The molecule has 1 aromatic rings. The maximum atomic E-state index is 12.5. The number of carbonyl (C=O) groups excluding carboxylic acids is 2. The Morgan fingerprint density at radius 1 is 1.19 bits per heavy atom. The highest BCUT2D eigenvalue weighted by Gasteiger charge is 2.25. The number of amides is 1. The number of nitrogens with one attached hydrogen (secondary N) is 1. The van der Waals surface area contributed by atoms with Crippen molar-refractivity contribution >= 4 is 17.9 Å². The summed E-state index contributed by atoms with van der Waals surface area (Å²) in [6.45, 7) is 8.32. The average molecular weight is 373 g/mol. The maximum absolute atomic E-state index is 12.5. The van der Waals surface area contributed by atoms with Gasteiger partial charge in [-0.2, -0.15) is 0 Å². The lowest BCUT2D eigenvalue weighted by molar-refractivity contribution is -0.125. The molecule has 0 aliphatic carbocycles. The second kappa shape index (κ2) is 9.85. The molecule has 3 rings (SSSR count). The van der Waals surface area contributed by atoms with Gasteiger partial charge in [-0.25, -0.2) is 0 Å². The molecular formula is C21H31N3O3. The third-order valence-electron chi connectivity index (χ3n) is 5.79. The zero-order valence-corrected chi connectivity index (χ0v) is 16.2. The summed E-state index contributed by atoms with van der Waals surface area (Å²) < 4.78 is 5.39. The van der Waals surface area contributed by atoms with Crippen molar-refractivity contribution < 1.29 is 14.3 Å². The summed E-state index contributed by atoms with van der Waals surface area (Å²) in [5, 5.41) is 3.14. The number of anilines is 1. The number of aldehydes is 1. The van der Waals surface area contributed by atoms with Gasteiger partial charge in [-0.1, -0.05) is 0 Å². The highest BCUT2D eigenvalue weighted by Crippen LogP contribution is 2.23. The topological polar surface area (TPSA) is 61.9 Å². The number of carbonyl (C=O) groups is 2. The standard InChI is InChI=1S/C21H31N3O3/c1-17(23-12-14-27-15-13-23)6-9-22-21(26)19-7-10-24(11-8-19)20-4-2-18(16-25)3-5-20/h2-5,16-17,19H,6-15H2,1H3,(H,22,26)/t17-/m0/s1. The molecule has 0 aromatic heterocycles. The van der Waals surface area contributed by atoms with E-state index in [1.807, 2.05) is 24.3 Å². The molecule has 2 heterocycles. The Labute approximate surface area is 161 Å². The van der Waals surface area contributed by atoms with E-state index in [1.165, 1.54) is 0 Å². The maximum Gasteiger partial charge on any atom is 0.223 e. The molecule has 6 nitrogen and oxygen atoms in total. The first kappa shape index (κ1) is 19.8. The van der Waals surface area contributed by atoms with Crippen molar-refractivity contribution in [1.29, 1.82) is 0 Å². The highest BCUT2D eigenvalue weighted by atomic mass is 16.5. The quantitative estimate of drug-likeness (QED) is 0.740.